The van der Waals surface area contributed by atoms with E-state index in [-0.39, 0.29) is 12.6 Å². The average molecular weight is 546 g/mol. The van der Waals surface area contributed by atoms with Crippen molar-refractivity contribution in [3.05, 3.63) is 45.7 Å². The van der Waals surface area contributed by atoms with E-state index in [1.54, 1.807) is 6.07 Å². The topological polar surface area (TPSA) is 70.3 Å². The first-order valence-corrected chi connectivity index (χ1v) is 14.4. The number of fused-ring (bicyclic) bond motifs is 1. The van der Waals surface area contributed by atoms with Gasteiger partial charge in [-0.25, -0.2) is 14.6 Å². The third kappa shape index (κ3) is 5.60. The molecular weight excluding hydrogens is 507 g/mol. The molecule has 3 aromatic rings. The van der Waals surface area contributed by atoms with Gasteiger partial charge in [0.15, 0.2) is 5.65 Å². The minimum atomic E-state index is -0.102. The van der Waals surface area contributed by atoms with Gasteiger partial charge in [0.05, 0.1) is 17.9 Å². The Kier molecular flexibility index (Phi) is 8.25. The summed E-state index contributed by atoms with van der Waals surface area (Å²) in [4.78, 5) is 14.8. The van der Waals surface area contributed by atoms with Crippen molar-refractivity contribution in [3.8, 4) is 0 Å². The summed E-state index contributed by atoms with van der Waals surface area (Å²) in [6, 6.07) is 5.49. The second-order valence-electron chi connectivity index (χ2n) is 10.9. The Bertz CT molecular complexity index is 1230. The molecule has 2 aliphatic rings. The Morgan fingerprint density at radius 1 is 1.16 bits per heavy atom. The van der Waals surface area contributed by atoms with E-state index in [1.165, 1.54) is 32.4 Å². The number of halogens is 2. The van der Waals surface area contributed by atoms with E-state index in [0.717, 1.165) is 66.1 Å². The maximum absolute atomic E-state index is 9.23. The molecule has 1 aromatic carbocycles. The molecule has 200 valence electrons. The van der Waals surface area contributed by atoms with Gasteiger partial charge in [-0.15, -0.1) is 0 Å². The Balaban J connectivity index is 1.33. The number of benzene rings is 1. The van der Waals surface area contributed by atoms with Crippen LogP contribution >= 0.6 is 23.2 Å². The fourth-order valence-corrected chi connectivity index (χ4v) is 7.01. The summed E-state index contributed by atoms with van der Waals surface area (Å²) in [5.74, 6) is 2.98. The SMILES string of the molecule is Cc1nn([C@H](C)c2ccc(Cl)cc2Cl)c2nc(N3CCC(C4CCCN(CCCO)C4)C(C)C3)cnc12. The number of aromatic nitrogens is 4. The number of hydrogen-bond donors (Lipinski definition) is 1. The molecule has 4 heterocycles. The molecule has 9 heteroatoms. The van der Waals surface area contributed by atoms with Gasteiger partial charge in [0.25, 0.3) is 0 Å². The third-order valence-electron chi connectivity index (χ3n) is 8.41. The highest BCUT2D eigenvalue weighted by molar-refractivity contribution is 6.35. The van der Waals surface area contributed by atoms with E-state index in [4.69, 9.17) is 38.3 Å². The Labute approximate surface area is 229 Å². The lowest BCUT2D eigenvalue weighted by Crippen LogP contribution is -2.46. The van der Waals surface area contributed by atoms with Crippen molar-refractivity contribution >= 4 is 40.2 Å². The molecule has 0 spiro atoms. The molecule has 3 unspecified atom stereocenters. The zero-order chi connectivity index (χ0) is 26.1. The van der Waals surface area contributed by atoms with Crippen molar-refractivity contribution in [3.63, 3.8) is 0 Å². The first kappa shape index (κ1) is 26.7. The number of hydrogen-bond acceptors (Lipinski definition) is 6. The van der Waals surface area contributed by atoms with Crippen LogP contribution in [0.3, 0.4) is 0 Å². The molecular formula is C28H38Cl2N6O. The van der Waals surface area contributed by atoms with E-state index >= 15 is 0 Å². The van der Waals surface area contributed by atoms with Crippen LogP contribution < -0.4 is 4.90 Å². The van der Waals surface area contributed by atoms with Crippen LogP contribution in [0.2, 0.25) is 10.0 Å². The molecule has 5 rings (SSSR count). The summed E-state index contributed by atoms with van der Waals surface area (Å²) in [5, 5.41) is 15.3. The number of aliphatic hydroxyl groups is 1. The van der Waals surface area contributed by atoms with Crippen LogP contribution in [0.25, 0.3) is 11.2 Å². The van der Waals surface area contributed by atoms with Gasteiger partial charge >= 0.3 is 0 Å². The van der Waals surface area contributed by atoms with Crippen molar-refractivity contribution in [1.29, 1.82) is 0 Å². The fraction of sp³-hybridized carbons (Fsp3) is 0.607. The van der Waals surface area contributed by atoms with E-state index < -0.39 is 0 Å². The van der Waals surface area contributed by atoms with Crippen LogP contribution in [-0.2, 0) is 0 Å². The molecule has 0 amide bonds. The number of likely N-dealkylation sites (tertiary alicyclic amines) is 1. The Hall–Kier alpha value is -1.93. The number of rotatable bonds is 7. The van der Waals surface area contributed by atoms with Crippen molar-refractivity contribution in [2.24, 2.45) is 17.8 Å². The first-order valence-electron chi connectivity index (χ1n) is 13.6. The predicted molar refractivity (Wildman–Crippen MR) is 151 cm³/mol. The van der Waals surface area contributed by atoms with Gasteiger partial charge in [-0.3, -0.25) is 0 Å². The van der Waals surface area contributed by atoms with Gasteiger partial charge in [0.1, 0.15) is 11.3 Å². The highest BCUT2D eigenvalue weighted by Crippen LogP contribution is 2.37. The lowest BCUT2D eigenvalue weighted by Gasteiger charge is -2.44. The number of anilines is 1. The molecule has 4 atom stereocenters. The van der Waals surface area contributed by atoms with Gasteiger partial charge in [-0.2, -0.15) is 5.10 Å². The van der Waals surface area contributed by atoms with Gasteiger partial charge < -0.3 is 14.9 Å². The van der Waals surface area contributed by atoms with Crippen LogP contribution in [0.15, 0.2) is 24.4 Å². The standard InChI is InChI=1S/C28H38Cl2N6O/c1-18-16-35(12-9-23(18)21-6-4-10-34(17-21)11-5-13-37)26-15-31-27-19(2)33-36(28(27)32-26)20(3)24-8-7-22(29)14-25(24)30/h7-8,14-15,18,20-21,23,37H,4-6,9-13,16-17H2,1-3H3/t18?,20-,21?,23?/m1/s1. The molecule has 37 heavy (non-hydrogen) atoms. The van der Waals surface area contributed by atoms with E-state index in [1.807, 2.05) is 29.9 Å². The van der Waals surface area contributed by atoms with E-state index in [0.29, 0.717) is 16.0 Å². The van der Waals surface area contributed by atoms with E-state index in [2.05, 4.69) is 23.6 Å². The quantitative estimate of drug-likeness (QED) is 0.417. The highest BCUT2D eigenvalue weighted by atomic mass is 35.5. The van der Waals surface area contributed by atoms with Crippen molar-refractivity contribution in [2.75, 3.05) is 44.2 Å². The molecule has 0 saturated carbocycles. The second kappa shape index (κ2) is 11.4. The van der Waals surface area contributed by atoms with Crippen LogP contribution in [0.4, 0.5) is 5.82 Å². The van der Waals surface area contributed by atoms with Crippen LogP contribution in [-0.4, -0.2) is 69.1 Å². The Morgan fingerprint density at radius 2 is 2.00 bits per heavy atom. The first-order chi connectivity index (χ1) is 17.9. The summed E-state index contributed by atoms with van der Waals surface area (Å²) < 4.78 is 1.94. The van der Waals surface area contributed by atoms with Crippen LogP contribution in [0.1, 0.15) is 56.8 Å². The maximum atomic E-state index is 9.23. The molecule has 7 nitrogen and oxygen atoms in total. The maximum Gasteiger partial charge on any atom is 0.179 e. The number of piperidine rings is 2. The summed E-state index contributed by atoms with van der Waals surface area (Å²) in [7, 11) is 0. The number of aryl methyl sites for hydroxylation is 1. The van der Waals surface area contributed by atoms with Crippen LogP contribution in [0.5, 0.6) is 0 Å². The average Bonchev–Trinajstić information content (AvgIpc) is 3.23. The summed E-state index contributed by atoms with van der Waals surface area (Å²) in [5.41, 5.74) is 3.43. The predicted octanol–water partition coefficient (Wildman–Crippen LogP) is 5.61. The molecule has 2 aromatic heterocycles. The summed E-state index contributed by atoms with van der Waals surface area (Å²) in [6.07, 6.45) is 6.55. The van der Waals surface area contributed by atoms with Crippen molar-refractivity contribution in [1.82, 2.24) is 24.6 Å². The van der Waals surface area contributed by atoms with Gasteiger partial charge in [0, 0.05) is 42.8 Å². The molecule has 0 bridgehead atoms. The van der Waals surface area contributed by atoms with Gasteiger partial charge in [-0.1, -0.05) is 36.2 Å². The normalized spacial score (nSPS) is 24.1. The zero-order valence-corrected chi connectivity index (χ0v) is 23.6. The van der Waals surface area contributed by atoms with Crippen molar-refractivity contribution in [2.45, 2.75) is 52.5 Å². The molecule has 2 saturated heterocycles. The second-order valence-corrected chi connectivity index (χ2v) is 11.8. The molecule has 0 radical (unpaired) electrons. The van der Waals surface area contributed by atoms with Crippen LogP contribution in [0, 0.1) is 24.7 Å². The van der Waals surface area contributed by atoms with Gasteiger partial charge in [0.2, 0.25) is 0 Å². The van der Waals surface area contributed by atoms with Crippen molar-refractivity contribution < 1.29 is 5.11 Å². The lowest BCUT2D eigenvalue weighted by atomic mass is 9.74. The third-order valence-corrected chi connectivity index (χ3v) is 8.98. The number of nitrogens with zero attached hydrogens (tertiary/aromatic N) is 6. The molecule has 2 aliphatic heterocycles. The largest absolute Gasteiger partial charge is 0.396 e. The summed E-state index contributed by atoms with van der Waals surface area (Å²) in [6.45, 7) is 12.1. The lowest BCUT2D eigenvalue weighted by molar-refractivity contribution is 0.0922. The minimum absolute atomic E-state index is 0.102. The number of aliphatic hydroxyl groups excluding tert-OH is 1. The minimum Gasteiger partial charge on any atom is -0.396 e. The monoisotopic (exact) mass is 544 g/mol. The Morgan fingerprint density at radius 3 is 2.76 bits per heavy atom. The fourth-order valence-electron chi connectivity index (χ4n) is 6.45. The summed E-state index contributed by atoms with van der Waals surface area (Å²) >= 11 is 12.7. The smallest absolute Gasteiger partial charge is 0.179 e. The van der Waals surface area contributed by atoms with E-state index in [9.17, 15) is 5.11 Å². The molecule has 1 N–H and O–H groups in total. The molecule has 0 aliphatic carbocycles. The molecule has 2 fully saturated rings. The van der Waals surface area contributed by atoms with Gasteiger partial charge in [-0.05, 0) is 81.5 Å². The zero-order valence-electron chi connectivity index (χ0n) is 22.1. The highest BCUT2D eigenvalue weighted by Gasteiger charge is 2.35.